The van der Waals surface area contributed by atoms with Crippen molar-refractivity contribution in [2.75, 3.05) is 6.54 Å². The smallest absolute Gasteiger partial charge is 0.243 e. The van der Waals surface area contributed by atoms with Crippen molar-refractivity contribution in [2.24, 2.45) is 5.92 Å². The van der Waals surface area contributed by atoms with Crippen molar-refractivity contribution in [1.29, 1.82) is 0 Å². The molecule has 2 aromatic rings. The van der Waals surface area contributed by atoms with E-state index in [0.29, 0.717) is 31.7 Å². The molecule has 1 aromatic heterocycles. The van der Waals surface area contributed by atoms with Crippen LogP contribution in [-0.2, 0) is 25.6 Å². The van der Waals surface area contributed by atoms with Crippen molar-refractivity contribution < 1.29 is 23.6 Å². The number of carbonyl (C=O) groups is 4. The van der Waals surface area contributed by atoms with Crippen LogP contribution >= 0.6 is 0 Å². The first-order valence-corrected chi connectivity index (χ1v) is 14.8. The van der Waals surface area contributed by atoms with Gasteiger partial charge in [0.25, 0.3) is 0 Å². The van der Waals surface area contributed by atoms with Gasteiger partial charge in [0, 0.05) is 6.42 Å². The van der Waals surface area contributed by atoms with Gasteiger partial charge in [-0.15, -0.1) is 10.2 Å². The van der Waals surface area contributed by atoms with Crippen molar-refractivity contribution in [3.05, 3.63) is 47.7 Å². The molecular weight excluding hydrogens is 538 g/mol. The highest BCUT2D eigenvalue weighted by Gasteiger charge is 2.34. The molecular formula is C30H45N7O5. The van der Waals surface area contributed by atoms with Gasteiger partial charge in [0.15, 0.2) is 0 Å². The third-order valence-electron chi connectivity index (χ3n) is 7.51. The van der Waals surface area contributed by atoms with Crippen molar-refractivity contribution in [3.63, 3.8) is 0 Å². The molecule has 0 saturated heterocycles. The lowest BCUT2D eigenvalue weighted by atomic mass is 10.0. The van der Waals surface area contributed by atoms with Crippen molar-refractivity contribution in [2.45, 2.75) is 104 Å². The van der Waals surface area contributed by atoms with Crippen LogP contribution in [0.25, 0.3) is 0 Å². The molecule has 0 fully saturated rings. The van der Waals surface area contributed by atoms with E-state index in [4.69, 9.17) is 4.42 Å². The third-order valence-corrected chi connectivity index (χ3v) is 7.51. The van der Waals surface area contributed by atoms with Gasteiger partial charge in [-0.05, 0) is 51.6 Å². The molecule has 0 spiro atoms. The van der Waals surface area contributed by atoms with Gasteiger partial charge in [-0.3, -0.25) is 24.1 Å². The minimum Gasteiger partial charge on any atom is -0.421 e. The van der Waals surface area contributed by atoms with E-state index in [-0.39, 0.29) is 23.8 Å². The number of rotatable bonds is 6. The molecule has 2 heterocycles. The second kappa shape index (κ2) is 14.9. The first-order valence-electron chi connectivity index (χ1n) is 14.8. The largest absolute Gasteiger partial charge is 0.421 e. The molecule has 230 valence electrons. The van der Waals surface area contributed by atoms with E-state index in [2.05, 4.69) is 31.5 Å². The molecule has 4 N–H and O–H groups in total. The molecule has 0 aliphatic carbocycles. The van der Waals surface area contributed by atoms with Crippen LogP contribution in [0.3, 0.4) is 0 Å². The fourth-order valence-electron chi connectivity index (χ4n) is 5.11. The second-order valence-corrected chi connectivity index (χ2v) is 11.3. The summed E-state index contributed by atoms with van der Waals surface area (Å²) in [4.78, 5) is 54.9. The number of hydrogen-bond acceptors (Lipinski definition) is 8. The molecule has 0 radical (unpaired) electrons. The molecule has 1 aliphatic heterocycles. The van der Waals surface area contributed by atoms with Crippen molar-refractivity contribution >= 4 is 23.6 Å². The second-order valence-electron chi connectivity index (χ2n) is 11.3. The Kier molecular flexibility index (Phi) is 11.6. The highest BCUT2D eigenvalue weighted by molar-refractivity contribution is 5.94. The minimum absolute atomic E-state index is 0.0824. The van der Waals surface area contributed by atoms with E-state index < -0.39 is 47.9 Å². The number of amides is 4. The Labute approximate surface area is 247 Å². The lowest BCUT2D eigenvalue weighted by Crippen LogP contribution is -2.57. The molecule has 12 nitrogen and oxygen atoms in total. The Balaban J connectivity index is 2.03. The summed E-state index contributed by atoms with van der Waals surface area (Å²) >= 11 is 0. The van der Waals surface area contributed by atoms with E-state index in [1.165, 1.54) is 0 Å². The Morgan fingerprint density at radius 2 is 1.36 bits per heavy atom. The van der Waals surface area contributed by atoms with Gasteiger partial charge < -0.3 is 25.7 Å². The fraction of sp³-hybridized carbons (Fsp3) is 0.600. The summed E-state index contributed by atoms with van der Waals surface area (Å²) in [5.74, 6) is -1.12. The SMILES string of the molecule is CCC1c2nnc(o2)[C@H](Cc2ccccc2)NC(=O)[C@@H](C)NC(=O)C(CC(C)C)NC(=O)[C@H](C)NC(=O)[C@H](C)N1CC. The maximum atomic E-state index is 13.4. The number of carbonyl (C=O) groups excluding carboxylic acids is 4. The van der Waals surface area contributed by atoms with E-state index in [1.54, 1.807) is 20.8 Å². The van der Waals surface area contributed by atoms with E-state index in [1.807, 2.05) is 62.9 Å². The lowest BCUT2D eigenvalue weighted by molar-refractivity contribution is -0.135. The van der Waals surface area contributed by atoms with Crippen molar-refractivity contribution in [3.8, 4) is 0 Å². The molecule has 4 amide bonds. The highest BCUT2D eigenvalue weighted by atomic mass is 16.4. The Bertz CT molecular complexity index is 1220. The number of fused-ring (bicyclic) bond motifs is 2. The molecule has 2 bridgehead atoms. The number of benzene rings is 1. The average molecular weight is 584 g/mol. The normalized spacial score (nSPS) is 27.0. The summed E-state index contributed by atoms with van der Waals surface area (Å²) in [6.45, 7) is 13.2. The van der Waals surface area contributed by atoms with Crippen LogP contribution < -0.4 is 21.3 Å². The minimum atomic E-state index is -0.916. The maximum absolute atomic E-state index is 13.4. The zero-order chi connectivity index (χ0) is 31.0. The van der Waals surface area contributed by atoms with Gasteiger partial charge in [-0.2, -0.15) is 0 Å². The monoisotopic (exact) mass is 583 g/mol. The summed E-state index contributed by atoms with van der Waals surface area (Å²) in [5, 5.41) is 19.9. The van der Waals surface area contributed by atoms with Gasteiger partial charge in [0.1, 0.15) is 24.2 Å². The van der Waals surface area contributed by atoms with Gasteiger partial charge in [-0.1, -0.05) is 58.0 Å². The molecule has 6 atom stereocenters. The summed E-state index contributed by atoms with van der Waals surface area (Å²) in [7, 11) is 0. The summed E-state index contributed by atoms with van der Waals surface area (Å²) < 4.78 is 6.17. The van der Waals surface area contributed by atoms with Gasteiger partial charge >= 0.3 is 0 Å². The third kappa shape index (κ3) is 8.37. The number of likely N-dealkylation sites (N-methyl/N-ethyl adjacent to an activating group) is 1. The predicted molar refractivity (Wildman–Crippen MR) is 157 cm³/mol. The van der Waals surface area contributed by atoms with E-state index in [9.17, 15) is 19.2 Å². The Hall–Kier alpha value is -3.80. The maximum Gasteiger partial charge on any atom is 0.243 e. The first-order chi connectivity index (χ1) is 19.9. The molecule has 1 aliphatic rings. The molecule has 1 aromatic carbocycles. The predicted octanol–water partition coefficient (Wildman–Crippen LogP) is 2.19. The average Bonchev–Trinajstić information content (AvgIpc) is 3.44. The standard InChI is InChI=1S/C30H45N7O5/c1-8-24-30-36-35-29(42-30)23(16-21-13-11-10-12-14-21)34-26(39)19(6)32-28(41)22(15-17(3)4)33-25(38)18(5)31-27(40)20(7)37(24)9-2/h10-14,17-20,22-24H,8-9,15-16H2,1-7H3,(H,31,40)(H,32,41)(H,33,38)(H,34,39)/t18-,19+,20-,22?,23-,24?/m0/s1. The van der Waals surface area contributed by atoms with Crippen LogP contribution in [-0.4, -0.2) is 69.4 Å². The van der Waals surface area contributed by atoms with Crippen LogP contribution in [0.4, 0.5) is 0 Å². The molecule has 0 saturated carbocycles. The topological polar surface area (TPSA) is 159 Å². The molecule has 12 heteroatoms. The number of nitrogens with zero attached hydrogens (tertiary/aromatic N) is 3. The van der Waals surface area contributed by atoms with E-state index >= 15 is 0 Å². The Morgan fingerprint density at radius 3 is 1.93 bits per heavy atom. The van der Waals surface area contributed by atoms with Crippen LogP contribution in [0.2, 0.25) is 0 Å². The van der Waals surface area contributed by atoms with Crippen molar-refractivity contribution in [1.82, 2.24) is 36.4 Å². The van der Waals surface area contributed by atoms with E-state index in [0.717, 1.165) is 5.56 Å². The zero-order valence-corrected chi connectivity index (χ0v) is 25.6. The quantitative estimate of drug-likeness (QED) is 0.403. The number of nitrogens with one attached hydrogen (secondary N) is 4. The Morgan fingerprint density at radius 1 is 0.786 bits per heavy atom. The van der Waals surface area contributed by atoms with Crippen LogP contribution in [0, 0.1) is 5.92 Å². The van der Waals surface area contributed by atoms with Gasteiger partial charge in [0.05, 0.1) is 12.1 Å². The molecule has 42 heavy (non-hydrogen) atoms. The lowest BCUT2D eigenvalue weighted by Gasteiger charge is -2.33. The summed E-state index contributed by atoms with van der Waals surface area (Å²) in [6, 6.07) is 5.23. The number of aromatic nitrogens is 2. The molecule has 3 rings (SSSR count). The van der Waals surface area contributed by atoms with Crippen LogP contribution in [0.1, 0.15) is 90.7 Å². The number of hydrogen-bond donors (Lipinski definition) is 4. The molecule has 2 unspecified atom stereocenters. The highest BCUT2D eigenvalue weighted by Crippen LogP contribution is 2.28. The first kappa shape index (κ1) is 32.7. The summed E-state index contributed by atoms with van der Waals surface area (Å²) in [5.41, 5.74) is 0.947. The van der Waals surface area contributed by atoms with Crippen LogP contribution in [0.15, 0.2) is 34.7 Å². The van der Waals surface area contributed by atoms with Gasteiger partial charge in [-0.25, -0.2) is 0 Å². The summed E-state index contributed by atoms with van der Waals surface area (Å²) in [6.07, 6.45) is 1.32. The van der Waals surface area contributed by atoms with Crippen LogP contribution in [0.5, 0.6) is 0 Å². The fourth-order valence-corrected chi connectivity index (χ4v) is 5.11. The zero-order valence-electron chi connectivity index (χ0n) is 25.6. The van der Waals surface area contributed by atoms with Gasteiger partial charge in [0.2, 0.25) is 35.4 Å².